The van der Waals surface area contributed by atoms with Crippen molar-refractivity contribution in [3.8, 4) is 16.9 Å². The molecule has 1 aromatic carbocycles. The number of anilines is 1. The molecule has 1 aliphatic rings. The summed E-state index contributed by atoms with van der Waals surface area (Å²) in [7, 11) is 0. The second-order valence-electron chi connectivity index (χ2n) is 7.45. The summed E-state index contributed by atoms with van der Waals surface area (Å²) >= 11 is 0. The van der Waals surface area contributed by atoms with E-state index in [1.807, 2.05) is 41.3 Å². The molecule has 0 saturated heterocycles. The minimum absolute atomic E-state index is 0.191. The third-order valence-corrected chi connectivity index (χ3v) is 5.43. The van der Waals surface area contributed by atoms with Crippen LogP contribution in [0.15, 0.2) is 67.3 Å². The number of pyridine rings is 1. The summed E-state index contributed by atoms with van der Waals surface area (Å²) in [5.74, 6) is 0. The number of hydrogen-bond acceptors (Lipinski definition) is 4. The highest BCUT2D eigenvalue weighted by Gasteiger charge is 2.20. The summed E-state index contributed by atoms with van der Waals surface area (Å²) in [6, 6.07) is 14.6. The van der Waals surface area contributed by atoms with Gasteiger partial charge in [0.1, 0.15) is 5.65 Å². The molecule has 0 aliphatic heterocycles. The number of hydrogen-bond donors (Lipinski definition) is 2. The Hall–Kier alpha value is -3.12. The van der Waals surface area contributed by atoms with Crippen LogP contribution < -0.4 is 5.32 Å². The topological polar surface area (TPSA) is 67.4 Å². The number of fused-ring (bicyclic) bond motifs is 1. The molecule has 1 aliphatic carbocycles. The van der Waals surface area contributed by atoms with Gasteiger partial charge in [0.2, 0.25) is 0 Å². The second-order valence-corrected chi connectivity index (χ2v) is 7.45. The summed E-state index contributed by atoms with van der Waals surface area (Å²) in [5.41, 5.74) is 5.10. The molecule has 2 N–H and O–H groups in total. The van der Waals surface area contributed by atoms with Crippen molar-refractivity contribution in [2.75, 3.05) is 5.32 Å². The summed E-state index contributed by atoms with van der Waals surface area (Å²) in [6.45, 7) is 0. The first kappa shape index (κ1) is 17.0. The first-order valence-corrected chi connectivity index (χ1v) is 9.78. The fraction of sp³-hybridized carbons (Fsp3) is 0.273. The lowest BCUT2D eigenvalue weighted by molar-refractivity contribution is 0.124. The maximum Gasteiger partial charge on any atom is 0.137 e. The lowest BCUT2D eigenvalue weighted by Gasteiger charge is -2.27. The van der Waals surface area contributed by atoms with Gasteiger partial charge in [-0.25, -0.2) is 9.67 Å². The number of aliphatic hydroxyl groups excluding tert-OH is 1. The van der Waals surface area contributed by atoms with Gasteiger partial charge in [-0.3, -0.25) is 4.40 Å². The molecule has 0 radical (unpaired) electrons. The van der Waals surface area contributed by atoms with Crippen LogP contribution in [0.4, 0.5) is 5.69 Å². The molecule has 3 aromatic heterocycles. The van der Waals surface area contributed by atoms with Crippen molar-refractivity contribution in [2.45, 2.75) is 37.8 Å². The average molecular weight is 373 g/mol. The van der Waals surface area contributed by atoms with Crippen LogP contribution >= 0.6 is 0 Å². The molecule has 1 fully saturated rings. The Morgan fingerprint density at radius 1 is 1.11 bits per heavy atom. The van der Waals surface area contributed by atoms with Gasteiger partial charge in [0.15, 0.2) is 0 Å². The minimum Gasteiger partial charge on any atom is -0.393 e. The first-order valence-electron chi connectivity index (χ1n) is 9.78. The van der Waals surface area contributed by atoms with Crippen molar-refractivity contribution >= 4 is 11.3 Å². The second kappa shape index (κ2) is 7.13. The molecule has 2 unspecified atom stereocenters. The predicted molar refractivity (Wildman–Crippen MR) is 110 cm³/mol. The number of aliphatic hydroxyl groups is 1. The molecule has 142 valence electrons. The van der Waals surface area contributed by atoms with Crippen LogP contribution in [0.25, 0.3) is 22.6 Å². The van der Waals surface area contributed by atoms with Gasteiger partial charge in [-0.15, -0.1) is 0 Å². The van der Waals surface area contributed by atoms with Gasteiger partial charge in [-0.1, -0.05) is 12.1 Å². The predicted octanol–water partition coefficient (Wildman–Crippen LogP) is 3.90. The van der Waals surface area contributed by atoms with E-state index in [0.717, 1.165) is 54.0 Å². The Bertz CT molecular complexity index is 1090. The van der Waals surface area contributed by atoms with Gasteiger partial charge in [-0.05, 0) is 56.0 Å². The van der Waals surface area contributed by atoms with Gasteiger partial charge in [-0.2, -0.15) is 5.10 Å². The summed E-state index contributed by atoms with van der Waals surface area (Å²) in [6.07, 6.45) is 11.4. The van der Waals surface area contributed by atoms with Crippen LogP contribution in [0.1, 0.15) is 25.7 Å². The Balaban J connectivity index is 1.48. The van der Waals surface area contributed by atoms with Gasteiger partial charge in [0.05, 0.1) is 29.4 Å². The van der Waals surface area contributed by atoms with E-state index in [9.17, 15) is 5.11 Å². The van der Waals surface area contributed by atoms with E-state index in [2.05, 4.69) is 44.2 Å². The maximum absolute atomic E-state index is 9.93. The highest BCUT2D eigenvalue weighted by atomic mass is 16.3. The van der Waals surface area contributed by atoms with Gasteiger partial charge < -0.3 is 10.4 Å². The largest absolute Gasteiger partial charge is 0.393 e. The number of aromatic nitrogens is 4. The Labute approximate surface area is 163 Å². The molecule has 6 nitrogen and oxygen atoms in total. The van der Waals surface area contributed by atoms with E-state index >= 15 is 0 Å². The zero-order chi connectivity index (χ0) is 18.9. The van der Waals surface area contributed by atoms with Crippen molar-refractivity contribution in [1.82, 2.24) is 19.2 Å². The molecule has 0 spiro atoms. The molecule has 0 bridgehead atoms. The van der Waals surface area contributed by atoms with Crippen molar-refractivity contribution < 1.29 is 5.11 Å². The fourth-order valence-electron chi connectivity index (χ4n) is 4.04. The number of rotatable bonds is 4. The summed E-state index contributed by atoms with van der Waals surface area (Å²) < 4.78 is 3.97. The number of nitrogens with one attached hydrogen (secondary N) is 1. The third-order valence-electron chi connectivity index (χ3n) is 5.43. The monoisotopic (exact) mass is 373 g/mol. The molecule has 1 saturated carbocycles. The smallest absolute Gasteiger partial charge is 0.137 e. The summed E-state index contributed by atoms with van der Waals surface area (Å²) in [4.78, 5) is 4.56. The lowest BCUT2D eigenvalue weighted by Crippen LogP contribution is -2.29. The molecule has 3 heterocycles. The Morgan fingerprint density at radius 2 is 2.07 bits per heavy atom. The quantitative estimate of drug-likeness (QED) is 0.569. The number of benzene rings is 1. The van der Waals surface area contributed by atoms with Crippen molar-refractivity contribution in [3.63, 3.8) is 0 Å². The number of imidazole rings is 1. The molecular formula is C22H23N5O. The van der Waals surface area contributed by atoms with Gasteiger partial charge in [0.25, 0.3) is 0 Å². The average Bonchev–Trinajstić information content (AvgIpc) is 3.38. The van der Waals surface area contributed by atoms with Gasteiger partial charge in [0, 0.05) is 30.2 Å². The third kappa shape index (κ3) is 3.27. The Kier molecular flexibility index (Phi) is 4.33. The van der Waals surface area contributed by atoms with Crippen LogP contribution in [-0.2, 0) is 0 Å². The van der Waals surface area contributed by atoms with Crippen LogP contribution in [0.2, 0.25) is 0 Å². The van der Waals surface area contributed by atoms with E-state index in [1.54, 1.807) is 6.20 Å². The molecule has 6 heteroatoms. The SMILES string of the molecule is OC1CCCC(Nc2ccc3ncc(-c4cccc(-n5cccn5)c4)n3c2)C1. The molecule has 2 atom stereocenters. The van der Waals surface area contributed by atoms with E-state index in [0.29, 0.717) is 6.04 Å². The normalized spacial score (nSPS) is 19.8. The minimum atomic E-state index is -0.191. The van der Waals surface area contributed by atoms with Gasteiger partial charge >= 0.3 is 0 Å². The summed E-state index contributed by atoms with van der Waals surface area (Å²) in [5, 5.41) is 17.8. The first-order chi connectivity index (χ1) is 13.8. The lowest BCUT2D eigenvalue weighted by atomic mass is 9.93. The zero-order valence-corrected chi connectivity index (χ0v) is 15.6. The molecule has 4 aromatic rings. The highest BCUT2D eigenvalue weighted by molar-refractivity contribution is 5.67. The highest BCUT2D eigenvalue weighted by Crippen LogP contribution is 2.26. The number of nitrogens with zero attached hydrogens (tertiary/aromatic N) is 4. The van der Waals surface area contributed by atoms with E-state index in [4.69, 9.17) is 0 Å². The maximum atomic E-state index is 9.93. The molecule has 0 amide bonds. The molecule has 28 heavy (non-hydrogen) atoms. The fourth-order valence-corrected chi connectivity index (χ4v) is 4.04. The van der Waals surface area contributed by atoms with Crippen molar-refractivity contribution in [3.05, 3.63) is 67.3 Å². The van der Waals surface area contributed by atoms with Crippen LogP contribution in [0.5, 0.6) is 0 Å². The van der Waals surface area contributed by atoms with E-state index in [1.165, 1.54) is 0 Å². The Morgan fingerprint density at radius 3 is 2.93 bits per heavy atom. The van der Waals surface area contributed by atoms with Crippen LogP contribution in [-0.4, -0.2) is 36.4 Å². The van der Waals surface area contributed by atoms with Crippen molar-refractivity contribution in [1.29, 1.82) is 0 Å². The van der Waals surface area contributed by atoms with E-state index in [-0.39, 0.29) is 6.10 Å². The van der Waals surface area contributed by atoms with E-state index < -0.39 is 0 Å². The van der Waals surface area contributed by atoms with Crippen molar-refractivity contribution in [2.24, 2.45) is 0 Å². The van der Waals surface area contributed by atoms with Crippen LogP contribution in [0, 0.1) is 0 Å². The molecular weight excluding hydrogens is 350 g/mol. The zero-order valence-electron chi connectivity index (χ0n) is 15.6. The standard InChI is InChI=1S/C22H23N5O/c28-20-7-2-5-17(13-20)25-18-8-9-22-23-14-21(26(22)15-18)16-4-1-6-19(12-16)27-11-3-10-24-27/h1,3-4,6,8-12,14-15,17,20,25,28H,2,5,7,13H2. The van der Waals surface area contributed by atoms with Crippen LogP contribution in [0.3, 0.4) is 0 Å². The molecule has 5 rings (SSSR count).